The third kappa shape index (κ3) is 4.87. The van der Waals surface area contributed by atoms with Gasteiger partial charge in [-0.15, -0.1) is 11.3 Å². The maximum atomic E-state index is 12.5. The van der Waals surface area contributed by atoms with Crippen molar-refractivity contribution in [2.24, 2.45) is 0 Å². The number of methoxy groups -OCH3 is 1. The van der Waals surface area contributed by atoms with Gasteiger partial charge in [0, 0.05) is 42.1 Å². The van der Waals surface area contributed by atoms with E-state index in [0.29, 0.717) is 22.1 Å². The van der Waals surface area contributed by atoms with Crippen LogP contribution in [0.3, 0.4) is 0 Å². The predicted molar refractivity (Wildman–Crippen MR) is 109 cm³/mol. The number of halogens is 1. The summed E-state index contributed by atoms with van der Waals surface area (Å²) in [6.45, 7) is 3.91. The molecule has 144 valence electrons. The molecule has 8 heteroatoms. The van der Waals surface area contributed by atoms with Crippen molar-refractivity contribution in [3.8, 4) is 11.1 Å². The van der Waals surface area contributed by atoms with Crippen molar-refractivity contribution >= 4 is 39.8 Å². The van der Waals surface area contributed by atoms with Crippen molar-refractivity contribution in [2.45, 2.75) is 0 Å². The van der Waals surface area contributed by atoms with Gasteiger partial charge in [0.2, 0.25) is 5.91 Å². The molecule has 2 aromatic rings. The largest absolute Gasteiger partial charge is 0.465 e. The summed E-state index contributed by atoms with van der Waals surface area (Å²) in [4.78, 5) is 29.2. The van der Waals surface area contributed by atoms with Gasteiger partial charge in [-0.25, -0.2) is 4.79 Å². The molecule has 0 unspecified atom stereocenters. The molecule has 1 N–H and O–H groups in total. The minimum absolute atomic E-state index is 0.130. The molecular weight excluding hydrogens is 386 g/mol. The second-order valence-corrected chi connectivity index (χ2v) is 7.80. The van der Waals surface area contributed by atoms with Gasteiger partial charge in [0.05, 0.1) is 13.7 Å². The Labute approximate surface area is 167 Å². The first kappa shape index (κ1) is 19.8. The molecule has 1 fully saturated rings. The summed E-state index contributed by atoms with van der Waals surface area (Å²) in [6, 6.07) is 7.21. The van der Waals surface area contributed by atoms with Gasteiger partial charge in [-0.1, -0.05) is 23.7 Å². The van der Waals surface area contributed by atoms with E-state index < -0.39 is 5.97 Å². The van der Waals surface area contributed by atoms with Crippen molar-refractivity contribution in [2.75, 3.05) is 52.2 Å². The van der Waals surface area contributed by atoms with Gasteiger partial charge in [-0.05, 0) is 24.7 Å². The molecule has 27 heavy (non-hydrogen) atoms. The lowest BCUT2D eigenvalue weighted by molar-refractivity contribution is -0.117. The third-order valence-corrected chi connectivity index (χ3v) is 5.70. The van der Waals surface area contributed by atoms with E-state index >= 15 is 0 Å². The van der Waals surface area contributed by atoms with Crippen molar-refractivity contribution in [1.29, 1.82) is 0 Å². The molecule has 0 bridgehead atoms. The number of hydrogen-bond acceptors (Lipinski definition) is 6. The number of likely N-dealkylation sites (N-methyl/N-ethyl adjacent to an activating group) is 1. The van der Waals surface area contributed by atoms with E-state index in [0.717, 1.165) is 37.3 Å². The van der Waals surface area contributed by atoms with E-state index in [-0.39, 0.29) is 5.91 Å². The highest BCUT2D eigenvalue weighted by Gasteiger charge is 2.23. The minimum atomic E-state index is -0.476. The van der Waals surface area contributed by atoms with Crippen LogP contribution in [0.5, 0.6) is 0 Å². The number of esters is 1. The lowest BCUT2D eigenvalue weighted by atomic mass is 10.0. The Morgan fingerprint density at radius 3 is 2.48 bits per heavy atom. The van der Waals surface area contributed by atoms with E-state index in [1.165, 1.54) is 18.4 Å². The van der Waals surface area contributed by atoms with Crippen LogP contribution >= 0.6 is 22.9 Å². The molecule has 3 rings (SSSR count). The summed E-state index contributed by atoms with van der Waals surface area (Å²) in [5.41, 5.74) is 1.94. The molecule has 1 amide bonds. The normalized spacial score (nSPS) is 15.5. The topological polar surface area (TPSA) is 61.9 Å². The molecule has 0 saturated carbocycles. The van der Waals surface area contributed by atoms with E-state index in [9.17, 15) is 9.59 Å². The zero-order valence-corrected chi connectivity index (χ0v) is 16.9. The number of amides is 1. The Bertz CT molecular complexity index is 814. The minimum Gasteiger partial charge on any atom is -0.465 e. The smallest absolute Gasteiger partial charge is 0.341 e. The molecule has 2 heterocycles. The van der Waals surface area contributed by atoms with Crippen molar-refractivity contribution in [3.63, 3.8) is 0 Å². The van der Waals surface area contributed by atoms with Crippen LogP contribution in [0.15, 0.2) is 29.6 Å². The quantitative estimate of drug-likeness (QED) is 0.772. The van der Waals surface area contributed by atoms with Crippen LogP contribution in [0.4, 0.5) is 5.00 Å². The second kappa shape index (κ2) is 8.84. The molecule has 1 aromatic carbocycles. The number of ether oxygens (including phenoxy) is 1. The molecule has 0 spiro atoms. The Hall–Kier alpha value is -1.93. The summed E-state index contributed by atoms with van der Waals surface area (Å²) >= 11 is 7.27. The molecular formula is C19H22ClN3O3S. The SMILES string of the molecule is COC(=O)c1c(-c2ccc(Cl)cc2)csc1NC(=O)CN1CCN(C)CC1. The van der Waals surface area contributed by atoms with E-state index in [2.05, 4.69) is 22.2 Å². The number of rotatable bonds is 5. The molecule has 6 nitrogen and oxygen atoms in total. The first-order valence-electron chi connectivity index (χ1n) is 8.64. The maximum Gasteiger partial charge on any atom is 0.341 e. The first-order chi connectivity index (χ1) is 13.0. The number of nitrogens with zero attached hydrogens (tertiary/aromatic N) is 2. The van der Waals surface area contributed by atoms with Gasteiger partial charge in [-0.2, -0.15) is 0 Å². The first-order valence-corrected chi connectivity index (χ1v) is 9.90. The van der Waals surface area contributed by atoms with E-state index in [1.807, 2.05) is 17.5 Å². The van der Waals surface area contributed by atoms with Crippen LogP contribution in [-0.2, 0) is 9.53 Å². The zero-order chi connectivity index (χ0) is 19.4. The Morgan fingerprint density at radius 2 is 1.85 bits per heavy atom. The lowest BCUT2D eigenvalue weighted by Gasteiger charge is -2.31. The fourth-order valence-corrected chi connectivity index (χ4v) is 4.07. The van der Waals surface area contributed by atoms with Crippen LogP contribution in [0.2, 0.25) is 5.02 Å². The average Bonchev–Trinajstić information content (AvgIpc) is 3.07. The van der Waals surface area contributed by atoms with Gasteiger partial charge < -0.3 is 15.0 Å². The molecule has 1 aliphatic heterocycles. The van der Waals surface area contributed by atoms with Crippen LogP contribution in [0, 0.1) is 0 Å². The standard InChI is InChI=1S/C19H22ClN3O3S/c1-22-7-9-23(10-8-22)11-16(24)21-18-17(19(25)26-2)15(12-27-18)13-3-5-14(20)6-4-13/h3-6,12H,7-11H2,1-2H3,(H,21,24). The van der Waals surface area contributed by atoms with E-state index in [1.54, 1.807) is 12.1 Å². The number of anilines is 1. The lowest BCUT2D eigenvalue weighted by Crippen LogP contribution is -2.47. The average molecular weight is 408 g/mol. The number of nitrogens with one attached hydrogen (secondary N) is 1. The Balaban J connectivity index is 1.77. The third-order valence-electron chi connectivity index (χ3n) is 4.55. The number of carbonyl (C=O) groups excluding carboxylic acids is 2. The fraction of sp³-hybridized carbons (Fsp3) is 0.368. The predicted octanol–water partition coefficient (Wildman–Crippen LogP) is 3.04. The number of piperazine rings is 1. The molecule has 0 radical (unpaired) electrons. The summed E-state index contributed by atoms with van der Waals surface area (Å²) in [5.74, 6) is -0.606. The van der Waals surface area contributed by atoms with Gasteiger partial charge in [-0.3, -0.25) is 9.69 Å². The van der Waals surface area contributed by atoms with Gasteiger partial charge >= 0.3 is 5.97 Å². The fourth-order valence-electron chi connectivity index (χ4n) is 2.97. The van der Waals surface area contributed by atoms with Crippen LogP contribution in [0.25, 0.3) is 11.1 Å². The molecule has 1 saturated heterocycles. The number of carbonyl (C=O) groups is 2. The van der Waals surface area contributed by atoms with Crippen LogP contribution in [-0.4, -0.2) is 68.6 Å². The van der Waals surface area contributed by atoms with Crippen molar-refractivity contribution in [3.05, 3.63) is 40.2 Å². The molecule has 1 aromatic heterocycles. The molecule has 0 aliphatic carbocycles. The second-order valence-electron chi connectivity index (χ2n) is 6.48. The van der Waals surface area contributed by atoms with E-state index in [4.69, 9.17) is 16.3 Å². The molecule has 1 aliphatic rings. The summed E-state index contributed by atoms with van der Waals surface area (Å²) in [5, 5.41) is 5.86. The summed E-state index contributed by atoms with van der Waals surface area (Å²) in [7, 11) is 3.41. The van der Waals surface area contributed by atoms with Crippen molar-refractivity contribution in [1.82, 2.24) is 9.80 Å². The Kier molecular flexibility index (Phi) is 6.49. The monoisotopic (exact) mass is 407 g/mol. The highest BCUT2D eigenvalue weighted by atomic mass is 35.5. The van der Waals surface area contributed by atoms with Crippen LogP contribution in [0.1, 0.15) is 10.4 Å². The Morgan fingerprint density at radius 1 is 1.19 bits per heavy atom. The van der Waals surface area contributed by atoms with Gasteiger partial charge in [0.1, 0.15) is 10.6 Å². The highest BCUT2D eigenvalue weighted by molar-refractivity contribution is 7.15. The van der Waals surface area contributed by atoms with Crippen molar-refractivity contribution < 1.29 is 14.3 Å². The highest BCUT2D eigenvalue weighted by Crippen LogP contribution is 2.36. The summed E-state index contributed by atoms with van der Waals surface area (Å²) < 4.78 is 4.94. The maximum absolute atomic E-state index is 12.5. The summed E-state index contributed by atoms with van der Waals surface area (Å²) in [6.07, 6.45) is 0. The molecule has 0 atom stereocenters. The van der Waals surface area contributed by atoms with Gasteiger partial charge in [0.25, 0.3) is 0 Å². The number of benzene rings is 1. The zero-order valence-electron chi connectivity index (χ0n) is 15.3. The van der Waals surface area contributed by atoms with Gasteiger partial charge in [0.15, 0.2) is 0 Å². The number of thiophene rings is 1. The van der Waals surface area contributed by atoms with Crippen LogP contribution < -0.4 is 5.32 Å². The number of hydrogen-bond donors (Lipinski definition) is 1.